The molecule has 0 fully saturated rings. The van der Waals surface area contributed by atoms with Crippen LogP contribution in [0, 0.1) is 0 Å². The van der Waals surface area contributed by atoms with E-state index < -0.39 is 0 Å². The van der Waals surface area contributed by atoms with Crippen LogP contribution in [0.2, 0.25) is 5.02 Å². The van der Waals surface area contributed by atoms with Crippen LogP contribution < -0.4 is 10.2 Å². The van der Waals surface area contributed by atoms with Crippen molar-refractivity contribution in [3.63, 3.8) is 0 Å². The van der Waals surface area contributed by atoms with Gasteiger partial charge in [-0.2, -0.15) is 15.4 Å². The maximum Gasteiger partial charge on any atom is 0.277 e. The van der Waals surface area contributed by atoms with Gasteiger partial charge in [-0.05, 0) is 18.2 Å². The maximum absolute atomic E-state index is 11.7. The molecule has 0 bridgehead atoms. The topological polar surface area (TPSA) is 73.9 Å². The van der Waals surface area contributed by atoms with E-state index in [2.05, 4.69) is 20.7 Å². The molecule has 0 saturated carbocycles. The lowest BCUT2D eigenvalue weighted by molar-refractivity contribution is 0.102. The number of nitrogens with zero attached hydrogens (tertiary/aromatic N) is 3. The number of rotatable bonds is 3. The fourth-order valence-electron chi connectivity index (χ4n) is 1.45. The lowest BCUT2D eigenvalue weighted by Gasteiger charge is -2.15. The van der Waals surface area contributed by atoms with Gasteiger partial charge in [0.25, 0.3) is 5.91 Å². The summed E-state index contributed by atoms with van der Waals surface area (Å²) in [5, 5.41) is 12.9. The third-order valence-electron chi connectivity index (χ3n) is 2.34. The quantitative estimate of drug-likeness (QED) is 0.887. The summed E-state index contributed by atoms with van der Waals surface area (Å²) in [4.78, 5) is 13.6. The molecule has 0 atom stereocenters. The highest BCUT2D eigenvalue weighted by Crippen LogP contribution is 2.27. The molecule has 1 amide bonds. The Balaban J connectivity index is 2.16. The highest BCUT2D eigenvalue weighted by molar-refractivity contribution is 6.33. The highest BCUT2D eigenvalue weighted by atomic mass is 35.5. The summed E-state index contributed by atoms with van der Waals surface area (Å²) < 4.78 is 0. The minimum absolute atomic E-state index is 0.225. The molecule has 7 heteroatoms. The highest BCUT2D eigenvalue weighted by Gasteiger charge is 2.10. The molecule has 0 aliphatic carbocycles. The van der Waals surface area contributed by atoms with Crippen molar-refractivity contribution in [3.8, 4) is 0 Å². The monoisotopic (exact) mass is 265 g/mol. The van der Waals surface area contributed by atoms with Gasteiger partial charge in [0.2, 0.25) is 0 Å². The van der Waals surface area contributed by atoms with Crippen LogP contribution in [0.3, 0.4) is 0 Å². The number of hydrogen-bond acceptors (Lipinski definition) is 4. The molecule has 0 saturated heterocycles. The number of amides is 1. The molecule has 1 aromatic carbocycles. The van der Waals surface area contributed by atoms with Crippen molar-refractivity contribution in [2.75, 3.05) is 24.3 Å². The van der Waals surface area contributed by atoms with E-state index in [0.29, 0.717) is 10.7 Å². The first-order valence-electron chi connectivity index (χ1n) is 5.22. The Morgan fingerprint density at radius 3 is 2.78 bits per heavy atom. The van der Waals surface area contributed by atoms with Crippen LogP contribution >= 0.6 is 11.6 Å². The van der Waals surface area contributed by atoms with Crippen molar-refractivity contribution in [2.24, 2.45) is 0 Å². The zero-order valence-corrected chi connectivity index (χ0v) is 10.7. The molecular weight excluding hydrogens is 254 g/mol. The molecule has 0 spiro atoms. The molecule has 0 aliphatic rings. The molecule has 2 N–H and O–H groups in total. The summed E-state index contributed by atoms with van der Waals surface area (Å²) in [6.07, 6.45) is 1.35. The van der Waals surface area contributed by atoms with Gasteiger partial charge in [0, 0.05) is 19.8 Å². The molecule has 2 rings (SSSR count). The summed E-state index contributed by atoms with van der Waals surface area (Å²) in [6, 6.07) is 5.30. The Kier molecular flexibility index (Phi) is 3.47. The van der Waals surface area contributed by atoms with Crippen molar-refractivity contribution >= 4 is 28.9 Å². The number of halogens is 1. The fraction of sp³-hybridized carbons (Fsp3) is 0.182. The molecule has 0 aliphatic heterocycles. The van der Waals surface area contributed by atoms with Crippen LogP contribution in [-0.2, 0) is 0 Å². The van der Waals surface area contributed by atoms with Crippen LogP contribution in [0.5, 0.6) is 0 Å². The Hall–Kier alpha value is -2.08. The van der Waals surface area contributed by atoms with E-state index in [1.54, 1.807) is 12.1 Å². The number of nitrogens with one attached hydrogen (secondary N) is 2. The predicted octanol–water partition coefficient (Wildman–Crippen LogP) is 1.78. The first-order chi connectivity index (χ1) is 8.58. The lowest BCUT2D eigenvalue weighted by atomic mass is 10.2. The standard InChI is InChI=1S/C11H12ClN5O/c1-17(2)10-4-3-7(5-8(10)12)14-11(18)9-6-13-16-15-9/h3-6H,1-2H3,(H,14,18)(H,13,15,16). The number of carbonyl (C=O) groups is 1. The zero-order chi connectivity index (χ0) is 13.1. The first kappa shape index (κ1) is 12.4. The molecular formula is C11H12ClN5O. The molecule has 1 heterocycles. The van der Waals surface area contributed by atoms with Crippen molar-refractivity contribution in [2.45, 2.75) is 0 Å². The Morgan fingerprint density at radius 2 is 2.22 bits per heavy atom. The normalized spacial score (nSPS) is 10.2. The molecule has 94 valence electrons. The summed E-state index contributed by atoms with van der Waals surface area (Å²) in [5.74, 6) is -0.336. The van der Waals surface area contributed by atoms with Crippen LogP contribution in [0.15, 0.2) is 24.4 Å². The number of benzene rings is 1. The van der Waals surface area contributed by atoms with Gasteiger partial charge < -0.3 is 10.2 Å². The number of anilines is 2. The van der Waals surface area contributed by atoms with Crippen molar-refractivity contribution in [3.05, 3.63) is 35.1 Å². The van der Waals surface area contributed by atoms with E-state index in [4.69, 9.17) is 11.6 Å². The number of H-pyrrole nitrogens is 1. The lowest BCUT2D eigenvalue weighted by Crippen LogP contribution is -2.13. The van der Waals surface area contributed by atoms with Crippen LogP contribution in [0.1, 0.15) is 10.5 Å². The van der Waals surface area contributed by atoms with Crippen LogP contribution in [-0.4, -0.2) is 35.4 Å². The van der Waals surface area contributed by atoms with Gasteiger partial charge in [-0.1, -0.05) is 11.6 Å². The number of carbonyl (C=O) groups excluding carboxylic acids is 1. The van der Waals surface area contributed by atoms with E-state index in [0.717, 1.165) is 5.69 Å². The van der Waals surface area contributed by atoms with E-state index in [1.807, 2.05) is 25.1 Å². The second-order valence-corrected chi connectivity index (χ2v) is 4.28. The van der Waals surface area contributed by atoms with Gasteiger partial charge in [-0.3, -0.25) is 4.79 Å². The third-order valence-corrected chi connectivity index (χ3v) is 2.64. The number of aromatic nitrogens is 3. The van der Waals surface area contributed by atoms with E-state index in [-0.39, 0.29) is 11.6 Å². The SMILES string of the molecule is CN(C)c1ccc(NC(=O)c2cn[nH]n2)cc1Cl. The van der Waals surface area contributed by atoms with E-state index >= 15 is 0 Å². The molecule has 0 radical (unpaired) electrons. The predicted molar refractivity (Wildman–Crippen MR) is 70.1 cm³/mol. The zero-order valence-electron chi connectivity index (χ0n) is 9.94. The van der Waals surface area contributed by atoms with Crippen LogP contribution in [0.4, 0.5) is 11.4 Å². The fourth-order valence-corrected chi connectivity index (χ4v) is 1.80. The average Bonchev–Trinajstić information content (AvgIpc) is 2.81. The van der Waals surface area contributed by atoms with Gasteiger partial charge in [0.1, 0.15) is 0 Å². The van der Waals surface area contributed by atoms with Gasteiger partial charge in [-0.25, -0.2) is 0 Å². The van der Waals surface area contributed by atoms with Gasteiger partial charge in [0.15, 0.2) is 5.69 Å². The van der Waals surface area contributed by atoms with E-state index in [1.165, 1.54) is 6.20 Å². The number of hydrogen-bond donors (Lipinski definition) is 2. The second kappa shape index (κ2) is 5.05. The average molecular weight is 266 g/mol. The van der Waals surface area contributed by atoms with Crippen molar-refractivity contribution in [1.82, 2.24) is 15.4 Å². The first-order valence-corrected chi connectivity index (χ1v) is 5.59. The minimum atomic E-state index is -0.336. The van der Waals surface area contributed by atoms with Gasteiger partial charge >= 0.3 is 0 Å². The summed E-state index contributed by atoms with van der Waals surface area (Å²) >= 11 is 6.11. The van der Waals surface area contributed by atoms with Gasteiger partial charge in [0.05, 0.1) is 16.9 Å². The molecule has 18 heavy (non-hydrogen) atoms. The van der Waals surface area contributed by atoms with Crippen LogP contribution in [0.25, 0.3) is 0 Å². The smallest absolute Gasteiger partial charge is 0.277 e. The van der Waals surface area contributed by atoms with Gasteiger partial charge in [-0.15, -0.1) is 0 Å². The third kappa shape index (κ3) is 2.60. The summed E-state index contributed by atoms with van der Waals surface area (Å²) in [6.45, 7) is 0. The molecule has 6 nitrogen and oxygen atoms in total. The Bertz CT molecular complexity index is 553. The Morgan fingerprint density at radius 1 is 1.44 bits per heavy atom. The number of aromatic amines is 1. The maximum atomic E-state index is 11.7. The second-order valence-electron chi connectivity index (χ2n) is 3.87. The molecule has 1 aromatic heterocycles. The largest absolute Gasteiger partial charge is 0.376 e. The molecule has 2 aromatic rings. The van der Waals surface area contributed by atoms with Crippen molar-refractivity contribution < 1.29 is 4.79 Å². The Labute approximate surface area is 109 Å². The summed E-state index contributed by atoms with van der Waals surface area (Å²) in [5.41, 5.74) is 1.72. The molecule has 0 unspecified atom stereocenters. The minimum Gasteiger partial charge on any atom is -0.376 e. The van der Waals surface area contributed by atoms with Crippen molar-refractivity contribution in [1.29, 1.82) is 0 Å². The summed E-state index contributed by atoms with van der Waals surface area (Å²) in [7, 11) is 3.80. The van der Waals surface area contributed by atoms with E-state index in [9.17, 15) is 4.79 Å².